The van der Waals surface area contributed by atoms with Gasteiger partial charge in [0, 0.05) is 17.8 Å². The highest BCUT2D eigenvalue weighted by molar-refractivity contribution is 6.32. The number of aromatic nitrogens is 2. The van der Waals surface area contributed by atoms with Crippen LogP contribution < -0.4 is 5.32 Å². The van der Waals surface area contributed by atoms with Gasteiger partial charge in [-0.3, -0.25) is 9.59 Å². The first-order valence-electron chi connectivity index (χ1n) is 8.82. The Kier molecular flexibility index (Phi) is 5.61. The van der Waals surface area contributed by atoms with Crippen LogP contribution in [0, 0.1) is 12.8 Å². The monoisotopic (exact) mass is 375 g/mol. The van der Waals surface area contributed by atoms with Crippen molar-refractivity contribution in [3.63, 3.8) is 0 Å². The number of para-hydroxylation sites is 1. The Hall–Kier alpha value is -2.34. The zero-order valence-electron chi connectivity index (χ0n) is 14.6. The van der Waals surface area contributed by atoms with Gasteiger partial charge in [-0.25, -0.2) is 4.68 Å². The highest BCUT2D eigenvalue weighted by atomic mass is 35.5. The number of hydrogen-bond donors (Lipinski definition) is 2. The molecule has 1 aliphatic carbocycles. The molecule has 2 aromatic rings. The summed E-state index contributed by atoms with van der Waals surface area (Å²) in [7, 11) is 0. The smallest absolute Gasteiger partial charge is 0.308 e. The normalized spacial score (nSPS) is 20.4. The topological polar surface area (TPSA) is 84.2 Å². The van der Waals surface area contributed by atoms with Gasteiger partial charge in [0.2, 0.25) is 0 Å². The standard InChI is InChI=1S/C19H22ClN3O3/c1-12-11-23(16-10-6-5-8-14(16)20)22-17(12)18(24)21-15-9-4-2-3-7-13(15)19(25)26/h5-6,8,10-11,13,15H,2-4,7,9H2,1H3,(H,21,24)(H,25,26)/t13-,15+/m1/s1. The summed E-state index contributed by atoms with van der Waals surface area (Å²) in [6.45, 7) is 1.80. The fourth-order valence-corrected chi connectivity index (χ4v) is 3.68. The molecule has 0 unspecified atom stereocenters. The van der Waals surface area contributed by atoms with Gasteiger partial charge >= 0.3 is 5.97 Å². The molecule has 6 nitrogen and oxygen atoms in total. The fourth-order valence-electron chi connectivity index (χ4n) is 3.46. The second-order valence-corrected chi connectivity index (χ2v) is 7.13. The van der Waals surface area contributed by atoms with Crippen molar-refractivity contribution in [2.75, 3.05) is 0 Å². The Morgan fingerprint density at radius 3 is 2.69 bits per heavy atom. The van der Waals surface area contributed by atoms with Crippen LogP contribution in [-0.2, 0) is 4.79 Å². The molecular weight excluding hydrogens is 354 g/mol. The van der Waals surface area contributed by atoms with Gasteiger partial charge in [-0.2, -0.15) is 5.10 Å². The number of nitrogens with zero attached hydrogens (tertiary/aromatic N) is 2. The first kappa shape index (κ1) is 18.5. The van der Waals surface area contributed by atoms with E-state index in [4.69, 9.17) is 11.6 Å². The van der Waals surface area contributed by atoms with Gasteiger partial charge in [0.1, 0.15) is 0 Å². The van der Waals surface area contributed by atoms with E-state index in [9.17, 15) is 14.7 Å². The Balaban J connectivity index is 1.82. The highest BCUT2D eigenvalue weighted by Crippen LogP contribution is 2.25. The number of benzene rings is 1. The molecule has 1 saturated carbocycles. The molecule has 0 saturated heterocycles. The number of hydrogen-bond acceptors (Lipinski definition) is 3. The number of carbonyl (C=O) groups is 2. The lowest BCUT2D eigenvalue weighted by Crippen LogP contribution is -2.43. The van der Waals surface area contributed by atoms with Crippen LogP contribution in [0.1, 0.15) is 48.2 Å². The summed E-state index contributed by atoms with van der Waals surface area (Å²) >= 11 is 6.20. The SMILES string of the molecule is Cc1cn(-c2ccccc2Cl)nc1C(=O)N[C@H]1CCCCC[C@H]1C(=O)O. The minimum atomic E-state index is -0.851. The molecule has 26 heavy (non-hydrogen) atoms. The number of carbonyl (C=O) groups excluding carboxylic acids is 1. The molecule has 2 atom stereocenters. The summed E-state index contributed by atoms with van der Waals surface area (Å²) in [6, 6.07) is 6.89. The fraction of sp³-hybridized carbons (Fsp3) is 0.421. The third-order valence-electron chi connectivity index (χ3n) is 4.86. The van der Waals surface area contributed by atoms with Crippen molar-refractivity contribution < 1.29 is 14.7 Å². The van der Waals surface area contributed by atoms with Gasteiger partial charge in [0.15, 0.2) is 5.69 Å². The third kappa shape index (κ3) is 3.90. The largest absolute Gasteiger partial charge is 0.481 e. The maximum absolute atomic E-state index is 12.7. The lowest BCUT2D eigenvalue weighted by Gasteiger charge is -2.22. The minimum absolute atomic E-state index is 0.290. The van der Waals surface area contributed by atoms with Crippen LogP contribution in [0.5, 0.6) is 0 Å². The van der Waals surface area contributed by atoms with Gasteiger partial charge in [0.05, 0.1) is 16.6 Å². The number of amides is 1. The lowest BCUT2D eigenvalue weighted by molar-refractivity contribution is -0.142. The van der Waals surface area contributed by atoms with E-state index in [1.807, 2.05) is 18.2 Å². The molecule has 0 radical (unpaired) electrons. The van der Waals surface area contributed by atoms with Crippen molar-refractivity contribution in [1.29, 1.82) is 0 Å². The number of aliphatic carboxylic acids is 1. The molecule has 1 amide bonds. The summed E-state index contributed by atoms with van der Waals surface area (Å²) in [5.41, 5.74) is 1.69. The van der Waals surface area contributed by atoms with Crippen LogP contribution in [0.4, 0.5) is 0 Å². The predicted octanol–water partition coefficient (Wildman–Crippen LogP) is 3.60. The van der Waals surface area contributed by atoms with Crippen LogP contribution in [0.15, 0.2) is 30.5 Å². The molecule has 2 N–H and O–H groups in total. The second-order valence-electron chi connectivity index (χ2n) is 6.72. The van der Waals surface area contributed by atoms with E-state index < -0.39 is 11.9 Å². The molecule has 3 rings (SSSR count). The third-order valence-corrected chi connectivity index (χ3v) is 5.18. The van der Waals surface area contributed by atoms with E-state index in [0.717, 1.165) is 19.3 Å². The maximum atomic E-state index is 12.7. The average molecular weight is 376 g/mol. The molecule has 138 valence electrons. The summed E-state index contributed by atoms with van der Waals surface area (Å²) < 4.78 is 1.58. The number of nitrogens with one attached hydrogen (secondary N) is 1. The van der Waals surface area contributed by atoms with Gasteiger partial charge in [-0.1, -0.05) is 43.0 Å². The number of halogens is 1. The van der Waals surface area contributed by atoms with E-state index in [0.29, 0.717) is 34.8 Å². The van der Waals surface area contributed by atoms with Gasteiger partial charge < -0.3 is 10.4 Å². The molecular formula is C19H22ClN3O3. The maximum Gasteiger partial charge on any atom is 0.308 e. The predicted molar refractivity (Wildman–Crippen MR) is 98.8 cm³/mol. The summed E-state index contributed by atoms with van der Waals surface area (Å²) in [6.07, 6.45) is 5.81. The number of rotatable bonds is 4. The quantitative estimate of drug-likeness (QED) is 0.799. The summed E-state index contributed by atoms with van der Waals surface area (Å²) in [5, 5.41) is 17.3. The van der Waals surface area contributed by atoms with Crippen LogP contribution in [0.25, 0.3) is 5.69 Å². The Morgan fingerprint density at radius 2 is 1.96 bits per heavy atom. The van der Waals surface area contributed by atoms with Gasteiger partial charge in [0.25, 0.3) is 5.91 Å². The zero-order valence-corrected chi connectivity index (χ0v) is 15.4. The van der Waals surface area contributed by atoms with E-state index in [-0.39, 0.29) is 11.9 Å². The molecule has 1 heterocycles. The molecule has 1 fully saturated rings. The van der Waals surface area contributed by atoms with Crippen LogP contribution >= 0.6 is 11.6 Å². The number of aryl methyl sites for hydroxylation is 1. The summed E-state index contributed by atoms with van der Waals surface area (Å²) in [4.78, 5) is 24.3. The molecule has 0 aliphatic heterocycles. The number of carboxylic acid groups (broad SMARTS) is 1. The van der Waals surface area contributed by atoms with Gasteiger partial charge in [-0.05, 0) is 31.9 Å². The Bertz CT molecular complexity index is 818. The molecule has 0 bridgehead atoms. The van der Waals surface area contributed by atoms with Crippen LogP contribution in [0.3, 0.4) is 0 Å². The molecule has 0 spiro atoms. The van der Waals surface area contributed by atoms with E-state index in [2.05, 4.69) is 10.4 Å². The summed E-state index contributed by atoms with van der Waals surface area (Å²) in [5.74, 6) is -1.74. The first-order chi connectivity index (χ1) is 12.5. The molecule has 1 aliphatic rings. The van der Waals surface area contributed by atoms with Crippen LogP contribution in [-0.4, -0.2) is 32.8 Å². The zero-order chi connectivity index (χ0) is 18.7. The molecule has 7 heteroatoms. The van der Waals surface area contributed by atoms with Gasteiger partial charge in [-0.15, -0.1) is 0 Å². The van der Waals surface area contributed by atoms with Crippen molar-refractivity contribution in [2.45, 2.75) is 45.1 Å². The molecule has 1 aromatic heterocycles. The van der Waals surface area contributed by atoms with E-state index >= 15 is 0 Å². The van der Waals surface area contributed by atoms with Crippen molar-refractivity contribution in [1.82, 2.24) is 15.1 Å². The van der Waals surface area contributed by atoms with E-state index in [1.54, 1.807) is 23.9 Å². The van der Waals surface area contributed by atoms with Crippen molar-refractivity contribution >= 4 is 23.5 Å². The van der Waals surface area contributed by atoms with E-state index in [1.165, 1.54) is 0 Å². The highest BCUT2D eigenvalue weighted by Gasteiger charge is 2.31. The Morgan fingerprint density at radius 1 is 1.23 bits per heavy atom. The van der Waals surface area contributed by atoms with Crippen molar-refractivity contribution in [2.24, 2.45) is 5.92 Å². The van der Waals surface area contributed by atoms with Crippen molar-refractivity contribution in [3.8, 4) is 5.69 Å². The van der Waals surface area contributed by atoms with Crippen LogP contribution in [0.2, 0.25) is 5.02 Å². The lowest BCUT2D eigenvalue weighted by atomic mass is 9.94. The Labute approximate surface area is 157 Å². The number of carboxylic acids is 1. The second kappa shape index (κ2) is 7.91. The molecule has 1 aromatic carbocycles. The first-order valence-corrected chi connectivity index (χ1v) is 9.20. The minimum Gasteiger partial charge on any atom is -0.481 e. The van der Waals surface area contributed by atoms with Crippen molar-refractivity contribution in [3.05, 3.63) is 46.7 Å². The average Bonchev–Trinajstić information content (AvgIpc) is 2.83.